The van der Waals surface area contributed by atoms with Crippen LogP contribution < -0.4 is 10.1 Å². The molecule has 0 amide bonds. The normalized spacial score (nSPS) is 23.9. The Balaban J connectivity index is 1.58. The van der Waals surface area contributed by atoms with Crippen LogP contribution in [-0.2, 0) is 10.9 Å². The van der Waals surface area contributed by atoms with Gasteiger partial charge in [-0.1, -0.05) is 6.07 Å². The summed E-state index contributed by atoms with van der Waals surface area (Å²) in [7, 11) is 0. The van der Waals surface area contributed by atoms with Crippen molar-refractivity contribution in [2.75, 3.05) is 31.6 Å². The second-order valence-corrected chi connectivity index (χ2v) is 8.29. The summed E-state index contributed by atoms with van der Waals surface area (Å²) in [6.07, 6.45) is -4.72. The molecule has 3 aromatic rings. The highest BCUT2D eigenvalue weighted by molar-refractivity contribution is 5.88. The number of ether oxygens (including phenoxy) is 2. The number of morpholine rings is 1. The van der Waals surface area contributed by atoms with Gasteiger partial charge in [-0.3, -0.25) is 4.90 Å². The Morgan fingerprint density at radius 1 is 1.15 bits per heavy atom. The largest absolute Gasteiger partial charge is 0.491 e. The van der Waals surface area contributed by atoms with Crippen LogP contribution in [0.2, 0.25) is 0 Å². The highest BCUT2D eigenvalue weighted by atomic mass is 19.4. The standard InChI is InChI=1S/C22H21F5N4O2/c1-11-9-31(4-5-32-11)17-10-33-18-8-12(23)2-3-14(18)19(17)28-15-6-13(24)7-16-20(15)30-21(29-16)22(25,26)27/h2-3,6-8,11,17,19,28H,4-5,9-10H2,1H3,(H,29,30)/t11-,17+,19+/m1/s1. The second-order valence-electron chi connectivity index (χ2n) is 8.29. The number of rotatable bonds is 3. The van der Waals surface area contributed by atoms with Gasteiger partial charge in [0.15, 0.2) is 0 Å². The molecule has 11 heteroatoms. The zero-order valence-corrected chi connectivity index (χ0v) is 17.5. The Morgan fingerprint density at radius 3 is 2.73 bits per heavy atom. The van der Waals surface area contributed by atoms with Crippen LogP contribution in [0.5, 0.6) is 5.75 Å². The molecular weight excluding hydrogens is 447 g/mol. The quantitative estimate of drug-likeness (QED) is 0.555. The van der Waals surface area contributed by atoms with Crippen molar-refractivity contribution < 1.29 is 31.4 Å². The van der Waals surface area contributed by atoms with Gasteiger partial charge in [0.05, 0.1) is 36.0 Å². The number of H-pyrrole nitrogens is 1. The fourth-order valence-electron chi connectivity index (χ4n) is 4.50. The summed E-state index contributed by atoms with van der Waals surface area (Å²) >= 11 is 0. The number of halogens is 5. The molecule has 2 N–H and O–H groups in total. The Morgan fingerprint density at radius 2 is 1.97 bits per heavy atom. The molecule has 0 radical (unpaired) electrons. The molecule has 3 atom stereocenters. The average Bonchev–Trinajstić information content (AvgIpc) is 3.18. The van der Waals surface area contributed by atoms with Crippen molar-refractivity contribution in [1.82, 2.24) is 14.9 Å². The van der Waals surface area contributed by atoms with E-state index in [2.05, 4.69) is 20.2 Å². The van der Waals surface area contributed by atoms with Crippen LogP contribution in [0, 0.1) is 11.6 Å². The molecule has 2 aliphatic rings. The predicted octanol–water partition coefficient (Wildman–Crippen LogP) is 4.49. The van der Waals surface area contributed by atoms with Gasteiger partial charge in [-0.25, -0.2) is 13.8 Å². The van der Waals surface area contributed by atoms with Crippen molar-refractivity contribution >= 4 is 16.7 Å². The monoisotopic (exact) mass is 468 g/mol. The third-order valence-corrected chi connectivity index (χ3v) is 5.98. The molecule has 3 heterocycles. The van der Waals surface area contributed by atoms with E-state index in [0.29, 0.717) is 31.0 Å². The maximum Gasteiger partial charge on any atom is 0.449 e. The summed E-state index contributed by atoms with van der Waals surface area (Å²) in [5.41, 5.74) is 0.613. The number of aromatic amines is 1. The molecule has 1 fully saturated rings. The van der Waals surface area contributed by atoms with Gasteiger partial charge >= 0.3 is 6.18 Å². The number of nitrogens with zero attached hydrogens (tertiary/aromatic N) is 2. The number of aromatic nitrogens is 2. The molecule has 0 spiro atoms. The van der Waals surface area contributed by atoms with Crippen molar-refractivity contribution in [3.63, 3.8) is 0 Å². The molecule has 1 saturated heterocycles. The molecule has 0 bridgehead atoms. The third-order valence-electron chi connectivity index (χ3n) is 5.98. The zero-order chi connectivity index (χ0) is 23.3. The Labute approximate surface area is 185 Å². The van der Waals surface area contributed by atoms with E-state index in [9.17, 15) is 22.0 Å². The number of fused-ring (bicyclic) bond motifs is 2. The molecule has 0 unspecified atom stereocenters. The summed E-state index contributed by atoms with van der Waals surface area (Å²) in [5, 5.41) is 3.19. The van der Waals surface area contributed by atoms with Crippen molar-refractivity contribution in [3.05, 3.63) is 53.4 Å². The van der Waals surface area contributed by atoms with Crippen molar-refractivity contribution in [2.45, 2.75) is 31.3 Å². The van der Waals surface area contributed by atoms with E-state index in [1.165, 1.54) is 12.1 Å². The minimum absolute atomic E-state index is 0.0180. The van der Waals surface area contributed by atoms with Crippen LogP contribution in [0.1, 0.15) is 24.4 Å². The second kappa shape index (κ2) is 8.14. The van der Waals surface area contributed by atoms with Gasteiger partial charge < -0.3 is 19.8 Å². The van der Waals surface area contributed by atoms with Gasteiger partial charge in [-0.15, -0.1) is 0 Å². The zero-order valence-electron chi connectivity index (χ0n) is 17.5. The number of hydrogen-bond acceptors (Lipinski definition) is 5. The van der Waals surface area contributed by atoms with Crippen LogP contribution in [0.25, 0.3) is 11.0 Å². The SMILES string of the molecule is C[C@@H]1CN([C@H]2COc3cc(F)ccc3[C@@H]2Nc2cc(F)cc3[nH]c(C(F)(F)F)nc23)CCO1. The topological polar surface area (TPSA) is 62.4 Å². The molecule has 5 rings (SSSR count). The number of nitrogens with one attached hydrogen (secondary N) is 2. The molecule has 0 saturated carbocycles. The predicted molar refractivity (Wildman–Crippen MR) is 110 cm³/mol. The van der Waals surface area contributed by atoms with Crippen molar-refractivity contribution in [2.24, 2.45) is 0 Å². The summed E-state index contributed by atoms with van der Waals surface area (Å²) in [5.74, 6) is -2.07. The van der Waals surface area contributed by atoms with Gasteiger partial charge in [0, 0.05) is 24.7 Å². The van der Waals surface area contributed by atoms with Gasteiger partial charge in [-0.2, -0.15) is 13.2 Å². The van der Waals surface area contributed by atoms with Crippen LogP contribution in [0.15, 0.2) is 30.3 Å². The lowest BCUT2D eigenvalue weighted by Crippen LogP contribution is -2.54. The number of hydrogen-bond donors (Lipinski definition) is 2. The summed E-state index contributed by atoms with van der Waals surface area (Å²) in [6, 6.07) is 5.43. The first-order valence-corrected chi connectivity index (χ1v) is 10.5. The molecule has 1 aromatic heterocycles. The fraction of sp³-hybridized carbons (Fsp3) is 0.409. The Bertz CT molecular complexity index is 1180. The van der Waals surface area contributed by atoms with E-state index in [1.54, 1.807) is 6.07 Å². The van der Waals surface area contributed by atoms with E-state index in [0.717, 1.165) is 12.1 Å². The summed E-state index contributed by atoms with van der Waals surface area (Å²) in [4.78, 5) is 7.97. The minimum atomic E-state index is -4.71. The van der Waals surface area contributed by atoms with Crippen LogP contribution in [0.4, 0.5) is 27.6 Å². The maximum absolute atomic E-state index is 14.3. The first-order chi connectivity index (χ1) is 15.7. The van der Waals surface area contributed by atoms with E-state index < -0.39 is 29.7 Å². The molecule has 33 heavy (non-hydrogen) atoms. The van der Waals surface area contributed by atoms with Crippen LogP contribution in [0.3, 0.4) is 0 Å². The first-order valence-electron chi connectivity index (χ1n) is 10.5. The van der Waals surface area contributed by atoms with Crippen LogP contribution in [-0.4, -0.2) is 53.3 Å². The lowest BCUT2D eigenvalue weighted by Gasteiger charge is -2.44. The van der Waals surface area contributed by atoms with E-state index in [-0.39, 0.29) is 35.5 Å². The van der Waals surface area contributed by atoms with Crippen molar-refractivity contribution in [1.29, 1.82) is 0 Å². The Hall–Kier alpha value is -2.92. The first kappa shape index (κ1) is 21.9. The molecule has 6 nitrogen and oxygen atoms in total. The third kappa shape index (κ3) is 4.22. The number of imidazole rings is 1. The lowest BCUT2D eigenvalue weighted by molar-refractivity contribution is -0.144. The Kier molecular flexibility index (Phi) is 5.40. The van der Waals surface area contributed by atoms with Crippen molar-refractivity contribution in [3.8, 4) is 5.75 Å². The highest BCUT2D eigenvalue weighted by Crippen LogP contribution is 2.39. The van der Waals surface area contributed by atoms with E-state index in [1.807, 2.05) is 6.92 Å². The maximum atomic E-state index is 14.3. The molecule has 2 aliphatic heterocycles. The number of anilines is 1. The number of alkyl halides is 3. The van der Waals surface area contributed by atoms with Crippen LogP contribution >= 0.6 is 0 Å². The van der Waals surface area contributed by atoms with E-state index >= 15 is 0 Å². The average molecular weight is 468 g/mol. The highest BCUT2D eigenvalue weighted by Gasteiger charge is 2.38. The van der Waals surface area contributed by atoms with Gasteiger partial charge in [0.2, 0.25) is 5.82 Å². The summed E-state index contributed by atoms with van der Waals surface area (Å²) in [6.45, 7) is 3.90. The molecule has 0 aliphatic carbocycles. The molecule has 176 valence electrons. The lowest BCUT2D eigenvalue weighted by atomic mass is 9.94. The van der Waals surface area contributed by atoms with Gasteiger partial charge in [0.25, 0.3) is 0 Å². The van der Waals surface area contributed by atoms with E-state index in [4.69, 9.17) is 9.47 Å². The van der Waals surface area contributed by atoms with Gasteiger partial charge in [0.1, 0.15) is 29.5 Å². The molecular formula is C22H21F5N4O2. The van der Waals surface area contributed by atoms with Gasteiger partial charge in [-0.05, 0) is 25.1 Å². The molecule has 2 aromatic carbocycles. The number of benzene rings is 2. The minimum Gasteiger partial charge on any atom is -0.491 e. The fourth-order valence-corrected chi connectivity index (χ4v) is 4.50. The smallest absolute Gasteiger partial charge is 0.449 e. The summed E-state index contributed by atoms with van der Waals surface area (Å²) < 4.78 is 79.3.